The summed E-state index contributed by atoms with van der Waals surface area (Å²) in [5, 5.41) is 6.21. The Balaban J connectivity index is 0.000000470. The zero-order chi connectivity index (χ0) is 36.5. The van der Waals surface area contributed by atoms with Gasteiger partial charge in [-0.3, -0.25) is 19.3 Å². The Morgan fingerprint density at radius 1 is 0.898 bits per heavy atom. The van der Waals surface area contributed by atoms with Crippen LogP contribution in [0.1, 0.15) is 66.2 Å². The molecule has 262 valence electrons. The van der Waals surface area contributed by atoms with Crippen LogP contribution in [0, 0.1) is 19.8 Å². The molecule has 3 heterocycles. The minimum atomic E-state index is -0.212. The van der Waals surface area contributed by atoms with Crippen LogP contribution in [0.4, 0.5) is 17.2 Å². The van der Waals surface area contributed by atoms with Gasteiger partial charge in [0.05, 0.1) is 17.1 Å². The van der Waals surface area contributed by atoms with E-state index in [0.29, 0.717) is 12.2 Å². The van der Waals surface area contributed by atoms with E-state index in [9.17, 15) is 14.4 Å². The van der Waals surface area contributed by atoms with Crippen molar-refractivity contribution in [3.63, 3.8) is 0 Å². The third kappa shape index (κ3) is 11.2. The fourth-order valence-corrected chi connectivity index (χ4v) is 6.34. The summed E-state index contributed by atoms with van der Waals surface area (Å²) in [5.74, 6) is 0.396. The molecule has 2 aromatic heterocycles. The number of hydrogen-bond donors (Lipinski definition) is 2. The summed E-state index contributed by atoms with van der Waals surface area (Å²) in [5.41, 5.74) is 5.04. The molecule has 2 N–H and O–H groups in total. The van der Waals surface area contributed by atoms with Crippen LogP contribution in [-0.4, -0.2) is 64.9 Å². The molecule has 0 unspecified atom stereocenters. The number of fused-ring (bicyclic) bond motifs is 1. The van der Waals surface area contributed by atoms with Gasteiger partial charge in [0.25, 0.3) is 11.5 Å². The third-order valence-corrected chi connectivity index (χ3v) is 9.07. The lowest BCUT2D eigenvalue weighted by Gasteiger charge is -2.28. The molecule has 49 heavy (non-hydrogen) atoms. The van der Waals surface area contributed by atoms with E-state index in [-0.39, 0.29) is 23.2 Å². The molecule has 2 amide bonds. The monoisotopic (exact) mass is 684 g/mol. The number of aromatic nitrogens is 2. The smallest absolute Gasteiger partial charge is 0.293 e. The van der Waals surface area contributed by atoms with Gasteiger partial charge < -0.3 is 20.1 Å². The van der Waals surface area contributed by atoms with Crippen molar-refractivity contribution in [1.29, 1.82) is 0 Å². The largest absolute Gasteiger partial charge is 0.343 e. The van der Waals surface area contributed by atoms with Gasteiger partial charge in [0.1, 0.15) is 0 Å². The Bertz CT molecular complexity index is 1700. The topological polar surface area (TPSA) is 99.6 Å². The first-order valence-corrected chi connectivity index (χ1v) is 17.7. The maximum absolute atomic E-state index is 13.0. The van der Waals surface area contributed by atoms with Crippen LogP contribution in [0.15, 0.2) is 65.6 Å². The standard InChI is InChI=1S/C27H26N4O2S.C6H12N2O.2C2H6.C2H2/c1-17-20(22-16-31(2)27(33)25(29-22)28-19-10-4-3-5-11-19)12-8-13-21(17)30-26(32)24-15-18-9-6-7-14-23(18)34-24;1-7-3-4-8(2)6(9)5-7;3*1-2/h3-5,8,10-13,15-16H,6-7,9,14H2,1-2H3,(H,28,29)(H,30,32);3-5H2,1-2H3;2*1-2H3;1-2H. The second kappa shape index (κ2) is 20.6. The van der Waals surface area contributed by atoms with Gasteiger partial charge in [-0.25, -0.2) is 4.98 Å². The molecular formula is C39H52N6O3S. The van der Waals surface area contributed by atoms with Crippen molar-refractivity contribution >= 4 is 40.3 Å². The molecule has 0 spiro atoms. The predicted molar refractivity (Wildman–Crippen MR) is 206 cm³/mol. The summed E-state index contributed by atoms with van der Waals surface area (Å²) < 4.78 is 1.52. The van der Waals surface area contributed by atoms with Crippen LogP contribution in [-0.2, 0) is 24.7 Å². The van der Waals surface area contributed by atoms with Crippen LogP contribution in [0.3, 0.4) is 0 Å². The number of nitrogens with zero attached hydrogens (tertiary/aromatic N) is 4. The number of hydrogen-bond acceptors (Lipinski definition) is 7. The second-order valence-corrected chi connectivity index (χ2v) is 12.3. The molecule has 0 saturated carbocycles. The first-order chi connectivity index (χ1) is 23.7. The zero-order valence-corrected chi connectivity index (χ0v) is 31.1. The molecule has 0 atom stereocenters. The van der Waals surface area contributed by atoms with E-state index in [1.807, 2.05) is 108 Å². The summed E-state index contributed by atoms with van der Waals surface area (Å²) in [6, 6.07) is 17.3. The van der Waals surface area contributed by atoms with Crippen LogP contribution < -0.4 is 16.2 Å². The second-order valence-electron chi connectivity index (χ2n) is 11.1. The van der Waals surface area contributed by atoms with Gasteiger partial charge in [0.15, 0.2) is 5.82 Å². The highest BCUT2D eigenvalue weighted by Gasteiger charge is 2.19. The highest BCUT2D eigenvalue weighted by molar-refractivity contribution is 7.14. The van der Waals surface area contributed by atoms with Gasteiger partial charge in [-0.15, -0.1) is 24.2 Å². The first kappa shape index (κ1) is 40.5. The van der Waals surface area contributed by atoms with E-state index >= 15 is 0 Å². The number of carbonyl (C=O) groups excluding carboxylic acids is 2. The summed E-state index contributed by atoms with van der Waals surface area (Å²) in [6.07, 6.45) is 14.2. The molecule has 1 aliphatic heterocycles. The van der Waals surface area contributed by atoms with E-state index in [2.05, 4.69) is 28.5 Å². The summed E-state index contributed by atoms with van der Waals surface area (Å²) in [6.45, 7) is 12.4. The Labute approximate surface area is 296 Å². The molecule has 6 rings (SSSR count). The van der Waals surface area contributed by atoms with Crippen molar-refractivity contribution in [2.24, 2.45) is 7.05 Å². The number of carbonyl (C=O) groups is 2. The fraction of sp³-hybridized carbons (Fsp3) is 0.385. The minimum absolute atomic E-state index is 0.0838. The number of amides is 2. The lowest BCUT2D eigenvalue weighted by molar-refractivity contribution is -0.133. The molecule has 1 aliphatic carbocycles. The molecule has 10 heteroatoms. The number of likely N-dealkylation sites (N-methyl/N-ethyl adjacent to an activating group) is 2. The number of anilines is 3. The quantitative estimate of drug-likeness (QED) is 0.213. The molecular weight excluding hydrogens is 633 g/mol. The number of nitrogens with one attached hydrogen (secondary N) is 2. The van der Waals surface area contributed by atoms with Gasteiger partial charge in [0, 0.05) is 55.2 Å². The van der Waals surface area contributed by atoms with E-state index in [1.165, 1.54) is 27.8 Å². The Hall–Kier alpha value is -4.72. The zero-order valence-electron chi connectivity index (χ0n) is 30.3. The van der Waals surface area contributed by atoms with Crippen LogP contribution >= 0.6 is 11.3 Å². The molecule has 2 aromatic carbocycles. The SMILES string of the molecule is C#C.CC.CC.CN1CCN(C)C(=O)C1.Cc1c(NC(=O)c2cc3c(s2)CCCC3)cccc1-c1cn(C)c(=O)c(Nc2ccccc2)n1. The van der Waals surface area contributed by atoms with Crippen LogP contribution in [0.25, 0.3) is 11.3 Å². The molecule has 4 aromatic rings. The molecule has 0 radical (unpaired) electrons. The molecule has 0 bridgehead atoms. The average molecular weight is 685 g/mol. The van der Waals surface area contributed by atoms with Crippen molar-refractivity contribution in [3.8, 4) is 24.1 Å². The summed E-state index contributed by atoms with van der Waals surface area (Å²) in [7, 11) is 5.52. The van der Waals surface area contributed by atoms with Crippen LogP contribution in [0.2, 0.25) is 0 Å². The number of para-hydroxylation sites is 1. The highest BCUT2D eigenvalue weighted by Crippen LogP contribution is 2.32. The van der Waals surface area contributed by atoms with Crippen LogP contribution in [0.5, 0.6) is 0 Å². The van der Waals surface area contributed by atoms with E-state index in [0.717, 1.165) is 53.3 Å². The first-order valence-electron chi connectivity index (χ1n) is 16.9. The Morgan fingerprint density at radius 2 is 1.57 bits per heavy atom. The maximum atomic E-state index is 13.0. The normalized spacial score (nSPS) is 13.3. The van der Waals surface area contributed by atoms with Gasteiger partial charge in [-0.05, 0) is 75.0 Å². The van der Waals surface area contributed by atoms with Gasteiger partial charge >= 0.3 is 0 Å². The number of thiophene rings is 1. The minimum Gasteiger partial charge on any atom is -0.343 e. The maximum Gasteiger partial charge on any atom is 0.293 e. The van der Waals surface area contributed by atoms with Crippen molar-refractivity contribution in [1.82, 2.24) is 19.4 Å². The van der Waals surface area contributed by atoms with E-state index in [4.69, 9.17) is 0 Å². The summed E-state index contributed by atoms with van der Waals surface area (Å²) in [4.78, 5) is 47.1. The van der Waals surface area contributed by atoms with E-state index < -0.39 is 0 Å². The lowest BCUT2D eigenvalue weighted by Crippen LogP contribution is -2.46. The number of piperazine rings is 1. The number of benzene rings is 2. The Kier molecular flexibility index (Phi) is 17.0. The average Bonchev–Trinajstić information content (AvgIpc) is 3.58. The molecule has 2 aliphatic rings. The van der Waals surface area contributed by atoms with E-state index in [1.54, 1.807) is 29.5 Å². The number of terminal acetylenes is 1. The molecule has 1 fully saturated rings. The fourth-order valence-electron chi connectivity index (χ4n) is 5.19. The lowest BCUT2D eigenvalue weighted by atomic mass is 9.99. The predicted octanol–water partition coefficient (Wildman–Crippen LogP) is 7.38. The van der Waals surface area contributed by atoms with Gasteiger partial charge in [0.2, 0.25) is 5.91 Å². The third-order valence-electron chi connectivity index (χ3n) is 7.83. The molecule has 9 nitrogen and oxygen atoms in total. The number of aryl methyl sites for hydroxylation is 3. The van der Waals surface area contributed by atoms with Crippen molar-refractivity contribution < 1.29 is 9.59 Å². The molecule has 1 saturated heterocycles. The highest BCUT2D eigenvalue weighted by atomic mass is 32.1. The number of rotatable bonds is 5. The van der Waals surface area contributed by atoms with Crippen molar-refractivity contribution in [2.45, 2.75) is 60.3 Å². The Morgan fingerprint density at radius 3 is 2.20 bits per heavy atom. The summed E-state index contributed by atoms with van der Waals surface area (Å²) >= 11 is 1.60. The van der Waals surface area contributed by atoms with Gasteiger partial charge in [-0.2, -0.15) is 0 Å². The van der Waals surface area contributed by atoms with Gasteiger partial charge in [-0.1, -0.05) is 58.0 Å². The van der Waals surface area contributed by atoms with Crippen molar-refractivity contribution in [3.05, 3.63) is 92.0 Å². The van der Waals surface area contributed by atoms with Crippen molar-refractivity contribution in [2.75, 3.05) is 44.4 Å².